The molecular weight excluding hydrogens is 354 g/mol. The zero-order chi connectivity index (χ0) is 16.1. The van der Waals surface area contributed by atoms with Gasteiger partial charge in [0.15, 0.2) is 0 Å². The fourth-order valence-electron chi connectivity index (χ4n) is 2.33. The van der Waals surface area contributed by atoms with E-state index in [9.17, 15) is 5.11 Å². The van der Waals surface area contributed by atoms with Crippen molar-refractivity contribution >= 4 is 22.0 Å². The first kappa shape index (κ1) is 15.6. The quantitative estimate of drug-likeness (QED) is 0.746. The van der Waals surface area contributed by atoms with Crippen LogP contribution in [0.3, 0.4) is 0 Å². The van der Waals surface area contributed by atoms with Crippen molar-refractivity contribution in [1.29, 1.82) is 0 Å². The predicted molar refractivity (Wildman–Crippen MR) is 93.5 cm³/mol. The van der Waals surface area contributed by atoms with E-state index in [1.54, 1.807) is 31.0 Å². The van der Waals surface area contributed by atoms with E-state index >= 15 is 0 Å². The molecule has 3 aromatic rings. The second kappa shape index (κ2) is 6.89. The maximum atomic E-state index is 11.2. The summed E-state index contributed by atoms with van der Waals surface area (Å²) in [6.45, 7) is 0.367. The molecule has 0 saturated heterocycles. The fraction of sp³-hybridized carbons (Fsp3) is 0.111. The van der Waals surface area contributed by atoms with E-state index in [0.29, 0.717) is 6.54 Å². The molecule has 23 heavy (non-hydrogen) atoms. The number of hydrogen-bond acceptors (Lipinski definition) is 3. The number of aromatic nitrogens is 3. The molecule has 1 atom stereocenters. The van der Waals surface area contributed by atoms with Crippen molar-refractivity contribution in [3.63, 3.8) is 0 Å². The zero-order valence-electron chi connectivity index (χ0n) is 12.4. The minimum absolute atomic E-state index is 0.367. The summed E-state index contributed by atoms with van der Waals surface area (Å²) in [5, 5.41) is 11.2. The first-order valence-electron chi connectivity index (χ1n) is 7.19. The van der Waals surface area contributed by atoms with Crippen molar-refractivity contribution in [2.45, 2.75) is 12.1 Å². The van der Waals surface area contributed by atoms with Gasteiger partial charge in [-0.2, -0.15) is 0 Å². The Balaban J connectivity index is 1.93. The van der Waals surface area contributed by atoms with Gasteiger partial charge in [-0.1, -0.05) is 40.2 Å². The van der Waals surface area contributed by atoms with Gasteiger partial charge in [0.1, 0.15) is 5.60 Å². The maximum Gasteiger partial charge on any atom is 0.127 e. The average molecular weight is 370 g/mol. The van der Waals surface area contributed by atoms with Gasteiger partial charge in [0.2, 0.25) is 0 Å². The smallest absolute Gasteiger partial charge is 0.127 e. The summed E-state index contributed by atoms with van der Waals surface area (Å²) in [7, 11) is 0. The van der Waals surface area contributed by atoms with Crippen LogP contribution >= 0.6 is 15.9 Å². The first-order valence-corrected chi connectivity index (χ1v) is 7.98. The third kappa shape index (κ3) is 3.94. The Labute approximate surface area is 143 Å². The Hall–Kier alpha value is -2.24. The third-order valence-electron chi connectivity index (χ3n) is 3.57. The van der Waals surface area contributed by atoms with Gasteiger partial charge < -0.3 is 9.67 Å². The third-order valence-corrected chi connectivity index (χ3v) is 4.09. The topological polar surface area (TPSA) is 50.9 Å². The molecule has 0 radical (unpaired) electrons. The van der Waals surface area contributed by atoms with Gasteiger partial charge in [0.05, 0.1) is 12.9 Å². The lowest BCUT2D eigenvalue weighted by Crippen LogP contribution is -2.28. The van der Waals surface area contributed by atoms with Crippen LogP contribution in [-0.2, 0) is 12.1 Å². The largest absolute Gasteiger partial charge is 0.379 e. The molecule has 0 amide bonds. The van der Waals surface area contributed by atoms with Crippen LogP contribution in [-0.4, -0.2) is 19.6 Å². The highest BCUT2D eigenvalue weighted by Gasteiger charge is 2.27. The van der Waals surface area contributed by atoms with Crippen LogP contribution in [0.15, 0.2) is 78.1 Å². The van der Waals surface area contributed by atoms with Crippen molar-refractivity contribution < 1.29 is 5.11 Å². The number of hydrogen-bond donors (Lipinski definition) is 1. The van der Waals surface area contributed by atoms with E-state index in [1.807, 2.05) is 53.2 Å². The summed E-state index contributed by atoms with van der Waals surface area (Å²) in [6.07, 6.45) is 12.3. The Morgan fingerprint density at radius 3 is 2.61 bits per heavy atom. The average Bonchev–Trinajstić information content (AvgIpc) is 3.08. The van der Waals surface area contributed by atoms with E-state index in [2.05, 4.69) is 25.9 Å². The van der Waals surface area contributed by atoms with E-state index in [0.717, 1.165) is 15.6 Å². The van der Waals surface area contributed by atoms with Crippen LogP contribution < -0.4 is 0 Å². The fourth-order valence-corrected chi connectivity index (χ4v) is 2.59. The highest BCUT2D eigenvalue weighted by atomic mass is 79.9. The summed E-state index contributed by atoms with van der Waals surface area (Å²) in [5.41, 5.74) is 0.588. The number of rotatable bonds is 5. The molecule has 1 N–H and O–H groups in total. The van der Waals surface area contributed by atoms with Crippen LogP contribution in [0.5, 0.6) is 0 Å². The molecule has 116 valence electrons. The van der Waals surface area contributed by atoms with Gasteiger partial charge in [-0.3, -0.25) is 4.98 Å². The number of imidazole rings is 1. The maximum absolute atomic E-state index is 11.2. The molecule has 0 saturated carbocycles. The highest BCUT2D eigenvalue weighted by Crippen LogP contribution is 2.26. The van der Waals surface area contributed by atoms with Crippen LogP contribution in [0.25, 0.3) is 6.08 Å². The number of aliphatic hydroxyl groups is 1. The summed E-state index contributed by atoms with van der Waals surface area (Å²) in [6, 6.07) is 11.6. The number of pyridine rings is 1. The van der Waals surface area contributed by atoms with Crippen molar-refractivity contribution in [1.82, 2.24) is 14.5 Å². The van der Waals surface area contributed by atoms with Gasteiger partial charge in [-0.15, -0.1) is 0 Å². The summed E-state index contributed by atoms with van der Waals surface area (Å²) >= 11 is 3.42. The van der Waals surface area contributed by atoms with E-state index in [-0.39, 0.29) is 0 Å². The van der Waals surface area contributed by atoms with Crippen LogP contribution in [0, 0.1) is 0 Å². The van der Waals surface area contributed by atoms with Gasteiger partial charge in [0, 0.05) is 34.8 Å². The Morgan fingerprint density at radius 2 is 1.96 bits per heavy atom. The highest BCUT2D eigenvalue weighted by molar-refractivity contribution is 9.10. The normalized spacial score (nSPS) is 14.0. The van der Waals surface area contributed by atoms with Crippen molar-refractivity contribution in [2.75, 3.05) is 0 Å². The zero-order valence-corrected chi connectivity index (χ0v) is 14.0. The molecule has 0 aliphatic rings. The van der Waals surface area contributed by atoms with Crippen LogP contribution in [0.2, 0.25) is 0 Å². The van der Waals surface area contributed by atoms with Crippen LogP contribution in [0.4, 0.5) is 0 Å². The van der Waals surface area contributed by atoms with Gasteiger partial charge in [0.25, 0.3) is 0 Å². The van der Waals surface area contributed by atoms with Crippen molar-refractivity contribution in [3.8, 4) is 0 Å². The lowest BCUT2D eigenvalue weighted by Gasteiger charge is -2.25. The Kier molecular flexibility index (Phi) is 4.69. The molecule has 5 heteroatoms. The predicted octanol–water partition coefficient (Wildman–Crippen LogP) is 3.64. The molecule has 0 aliphatic carbocycles. The molecule has 3 rings (SSSR count). The Bertz CT molecular complexity index is 770. The molecular formula is C18H16BrN3O. The monoisotopic (exact) mass is 369 g/mol. The molecule has 2 heterocycles. The SMILES string of the molecule is OC(C=Cc1ccc(Br)cc1)(Cn1ccnc1)c1cccnc1. The summed E-state index contributed by atoms with van der Waals surface area (Å²) in [5.74, 6) is 0. The minimum Gasteiger partial charge on any atom is -0.379 e. The Morgan fingerprint density at radius 1 is 1.13 bits per heavy atom. The lowest BCUT2D eigenvalue weighted by molar-refractivity contribution is 0.0701. The molecule has 0 aliphatic heterocycles. The second-order valence-corrected chi connectivity index (χ2v) is 6.20. The van der Waals surface area contributed by atoms with Gasteiger partial charge in [-0.25, -0.2) is 4.98 Å². The first-order chi connectivity index (χ1) is 11.2. The number of benzene rings is 1. The molecule has 1 aromatic carbocycles. The van der Waals surface area contributed by atoms with Crippen LogP contribution in [0.1, 0.15) is 11.1 Å². The summed E-state index contributed by atoms with van der Waals surface area (Å²) in [4.78, 5) is 8.16. The number of nitrogens with zero attached hydrogens (tertiary/aromatic N) is 3. The lowest BCUT2D eigenvalue weighted by atomic mass is 9.93. The minimum atomic E-state index is -1.16. The molecule has 1 unspecified atom stereocenters. The van der Waals surface area contributed by atoms with E-state index < -0.39 is 5.60 Å². The molecule has 0 fully saturated rings. The summed E-state index contributed by atoms with van der Waals surface area (Å²) < 4.78 is 2.87. The molecule has 0 spiro atoms. The number of halogens is 1. The van der Waals surface area contributed by atoms with E-state index in [4.69, 9.17) is 0 Å². The van der Waals surface area contributed by atoms with Crippen molar-refractivity contribution in [2.24, 2.45) is 0 Å². The van der Waals surface area contributed by atoms with Gasteiger partial charge in [-0.05, 0) is 29.8 Å². The van der Waals surface area contributed by atoms with Crippen molar-refractivity contribution in [3.05, 3.63) is 89.2 Å². The van der Waals surface area contributed by atoms with Gasteiger partial charge >= 0.3 is 0 Å². The molecule has 4 nitrogen and oxygen atoms in total. The molecule has 2 aromatic heterocycles. The molecule has 0 bridgehead atoms. The second-order valence-electron chi connectivity index (χ2n) is 5.29. The van der Waals surface area contributed by atoms with E-state index in [1.165, 1.54) is 0 Å². The standard InChI is InChI=1S/C18H16BrN3O/c19-17-5-3-15(4-6-17)7-8-18(23,13-22-11-10-21-14-22)16-2-1-9-20-12-16/h1-12,14,23H,13H2.